The van der Waals surface area contributed by atoms with Crippen molar-refractivity contribution < 1.29 is 9.90 Å². The second-order valence-electron chi connectivity index (χ2n) is 3.20. The Kier molecular flexibility index (Phi) is 4.04. The molecule has 0 aliphatic carbocycles. The standard InChI is InChI=1S/C11H8ClNO2S2/c12-7-2-1-3-9(4-7)16-5-8-6-17-10(13-8)11(14)15/h1-4,6H,5H2,(H,14,15). The molecule has 2 rings (SSSR count). The number of aromatic carboxylic acids is 1. The van der Waals surface area contributed by atoms with Crippen LogP contribution in [0.25, 0.3) is 0 Å². The van der Waals surface area contributed by atoms with Gasteiger partial charge in [0, 0.05) is 21.1 Å². The molecule has 1 N–H and O–H groups in total. The van der Waals surface area contributed by atoms with E-state index in [0.717, 1.165) is 21.9 Å². The third-order valence-electron chi connectivity index (χ3n) is 1.92. The van der Waals surface area contributed by atoms with Crippen molar-refractivity contribution in [2.24, 2.45) is 0 Å². The maximum atomic E-state index is 10.7. The second kappa shape index (κ2) is 5.53. The first kappa shape index (κ1) is 12.4. The molecular weight excluding hydrogens is 278 g/mol. The lowest BCUT2D eigenvalue weighted by Crippen LogP contribution is -1.94. The van der Waals surface area contributed by atoms with Crippen molar-refractivity contribution in [2.45, 2.75) is 10.6 Å². The van der Waals surface area contributed by atoms with Crippen LogP contribution in [0.4, 0.5) is 0 Å². The lowest BCUT2D eigenvalue weighted by Gasteiger charge is -1.99. The SMILES string of the molecule is O=C(O)c1nc(CSc2cccc(Cl)c2)cs1. The molecule has 0 spiro atoms. The fourth-order valence-corrected chi connectivity index (χ4v) is 3.05. The number of rotatable bonds is 4. The van der Waals surface area contributed by atoms with E-state index in [-0.39, 0.29) is 5.01 Å². The molecule has 0 atom stereocenters. The molecule has 3 nitrogen and oxygen atoms in total. The largest absolute Gasteiger partial charge is 0.476 e. The Labute approximate surface area is 111 Å². The molecule has 0 unspecified atom stereocenters. The Morgan fingerprint density at radius 1 is 1.53 bits per heavy atom. The van der Waals surface area contributed by atoms with Gasteiger partial charge in [-0.25, -0.2) is 9.78 Å². The van der Waals surface area contributed by atoms with Crippen LogP contribution < -0.4 is 0 Å². The average Bonchev–Trinajstić information content (AvgIpc) is 2.75. The lowest BCUT2D eigenvalue weighted by molar-refractivity contribution is 0.0696. The number of nitrogens with zero attached hydrogens (tertiary/aromatic N) is 1. The van der Waals surface area contributed by atoms with E-state index in [0.29, 0.717) is 10.8 Å². The molecule has 1 aromatic carbocycles. The van der Waals surface area contributed by atoms with Crippen molar-refractivity contribution in [3.8, 4) is 0 Å². The number of hydrogen-bond acceptors (Lipinski definition) is 4. The summed E-state index contributed by atoms with van der Waals surface area (Å²) in [4.78, 5) is 15.7. The highest BCUT2D eigenvalue weighted by molar-refractivity contribution is 7.98. The van der Waals surface area contributed by atoms with E-state index in [9.17, 15) is 4.79 Å². The zero-order valence-electron chi connectivity index (χ0n) is 8.59. The smallest absolute Gasteiger partial charge is 0.365 e. The third kappa shape index (κ3) is 3.46. The summed E-state index contributed by atoms with van der Waals surface area (Å²) >= 11 is 8.59. The minimum atomic E-state index is -0.978. The average molecular weight is 286 g/mol. The monoisotopic (exact) mass is 285 g/mol. The van der Waals surface area contributed by atoms with E-state index in [4.69, 9.17) is 16.7 Å². The minimum Gasteiger partial charge on any atom is -0.476 e. The van der Waals surface area contributed by atoms with E-state index in [2.05, 4.69) is 4.98 Å². The van der Waals surface area contributed by atoms with Crippen molar-refractivity contribution in [1.29, 1.82) is 0 Å². The van der Waals surface area contributed by atoms with E-state index in [1.807, 2.05) is 24.3 Å². The first-order valence-electron chi connectivity index (χ1n) is 4.71. The maximum Gasteiger partial charge on any atom is 0.365 e. The molecule has 1 aromatic heterocycles. The van der Waals surface area contributed by atoms with Crippen LogP contribution in [0.5, 0.6) is 0 Å². The first-order valence-corrected chi connectivity index (χ1v) is 6.95. The van der Waals surface area contributed by atoms with Gasteiger partial charge in [0.05, 0.1) is 5.69 Å². The van der Waals surface area contributed by atoms with Crippen LogP contribution in [0.3, 0.4) is 0 Å². The van der Waals surface area contributed by atoms with Crippen LogP contribution in [0.2, 0.25) is 5.02 Å². The predicted octanol–water partition coefficient (Wildman–Crippen LogP) is 3.79. The Balaban J connectivity index is 2.00. The molecule has 0 bridgehead atoms. The van der Waals surface area contributed by atoms with Gasteiger partial charge in [0.1, 0.15) is 0 Å². The summed E-state index contributed by atoms with van der Waals surface area (Å²) in [6, 6.07) is 7.53. The third-order valence-corrected chi connectivity index (χ3v) is 4.06. The minimum absolute atomic E-state index is 0.131. The van der Waals surface area contributed by atoms with Crippen LogP contribution in [0.15, 0.2) is 34.5 Å². The van der Waals surface area contributed by atoms with E-state index in [1.54, 1.807) is 17.1 Å². The van der Waals surface area contributed by atoms with Gasteiger partial charge in [-0.1, -0.05) is 17.7 Å². The molecule has 1 heterocycles. The summed E-state index contributed by atoms with van der Waals surface area (Å²) in [6.07, 6.45) is 0. The van der Waals surface area contributed by atoms with Crippen molar-refractivity contribution in [1.82, 2.24) is 4.98 Å². The lowest BCUT2D eigenvalue weighted by atomic mass is 10.4. The fourth-order valence-electron chi connectivity index (χ4n) is 1.19. The molecule has 0 amide bonds. The number of benzene rings is 1. The number of halogens is 1. The molecule has 0 aliphatic rings. The number of carboxylic acid groups (broad SMARTS) is 1. The van der Waals surface area contributed by atoms with Gasteiger partial charge in [-0.3, -0.25) is 0 Å². The summed E-state index contributed by atoms with van der Waals surface area (Å²) in [5, 5.41) is 11.3. The number of carboxylic acids is 1. The molecular formula is C11H8ClNO2S2. The van der Waals surface area contributed by atoms with Crippen LogP contribution in [-0.4, -0.2) is 16.1 Å². The van der Waals surface area contributed by atoms with Gasteiger partial charge in [-0.05, 0) is 18.2 Å². The molecule has 6 heteroatoms. The quantitative estimate of drug-likeness (QED) is 0.869. The summed E-state index contributed by atoms with van der Waals surface area (Å²) in [5.74, 6) is -0.335. The fraction of sp³-hybridized carbons (Fsp3) is 0.0909. The van der Waals surface area contributed by atoms with Gasteiger partial charge >= 0.3 is 5.97 Å². The molecule has 0 saturated carbocycles. The van der Waals surface area contributed by atoms with Crippen LogP contribution in [-0.2, 0) is 5.75 Å². The topological polar surface area (TPSA) is 50.2 Å². The summed E-state index contributed by atoms with van der Waals surface area (Å²) in [5.41, 5.74) is 0.775. The molecule has 88 valence electrons. The summed E-state index contributed by atoms with van der Waals surface area (Å²) < 4.78 is 0. The molecule has 2 aromatic rings. The van der Waals surface area contributed by atoms with Gasteiger partial charge in [-0.2, -0.15) is 0 Å². The van der Waals surface area contributed by atoms with E-state index in [1.165, 1.54) is 0 Å². The number of carbonyl (C=O) groups is 1. The predicted molar refractivity (Wildman–Crippen MR) is 70.1 cm³/mol. The Bertz CT molecular complexity index is 542. The Morgan fingerprint density at radius 2 is 2.35 bits per heavy atom. The highest BCUT2D eigenvalue weighted by atomic mass is 35.5. The zero-order valence-corrected chi connectivity index (χ0v) is 11.0. The normalized spacial score (nSPS) is 10.4. The summed E-state index contributed by atoms with van der Waals surface area (Å²) in [6.45, 7) is 0. The van der Waals surface area contributed by atoms with Gasteiger partial charge in [0.15, 0.2) is 0 Å². The van der Waals surface area contributed by atoms with Crippen LogP contribution >= 0.6 is 34.7 Å². The molecule has 17 heavy (non-hydrogen) atoms. The van der Waals surface area contributed by atoms with E-state index >= 15 is 0 Å². The highest BCUT2D eigenvalue weighted by Crippen LogP contribution is 2.25. The second-order valence-corrected chi connectivity index (χ2v) is 5.54. The van der Waals surface area contributed by atoms with Crippen molar-refractivity contribution in [3.63, 3.8) is 0 Å². The number of aromatic nitrogens is 1. The van der Waals surface area contributed by atoms with Crippen molar-refractivity contribution in [3.05, 3.63) is 45.4 Å². The van der Waals surface area contributed by atoms with Crippen LogP contribution in [0, 0.1) is 0 Å². The summed E-state index contributed by atoms with van der Waals surface area (Å²) in [7, 11) is 0. The van der Waals surface area contributed by atoms with Crippen LogP contribution in [0.1, 0.15) is 15.5 Å². The molecule has 0 fully saturated rings. The zero-order chi connectivity index (χ0) is 12.3. The molecule has 0 aliphatic heterocycles. The highest BCUT2D eigenvalue weighted by Gasteiger charge is 2.08. The Morgan fingerprint density at radius 3 is 3.00 bits per heavy atom. The van der Waals surface area contributed by atoms with Crippen molar-refractivity contribution >= 4 is 40.7 Å². The number of hydrogen-bond donors (Lipinski definition) is 1. The number of thioether (sulfide) groups is 1. The van der Waals surface area contributed by atoms with Crippen molar-refractivity contribution in [2.75, 3.05) is 0 Å². The van der Waals surface area contributed by atoms with Gasteiger partial charge in [0.2, 0.25) is 5.01 Å². The van der Waals surface area contributed by atoms with E-state index < -0.39 is 5.97 Å². The number of thiazole rings is 1. The van der Waals surface area contributed by atoms with Gasteiger partial charge < -0.3 is 5.11 Å². The maximum absolute atomic E-state index is 10.7. The molecule has 0 saturated heterocycles. The molecule has 0 radical (unpaired) electrons. The first-order chi connectivity index (χ1) is 8.15. The Hall–Kier alpha value is -1.04. The van der Waals surface area contributed by atoms with Gasteiger partial charge in [0.25, 0.3) is 0 Å². The van der Waals surface area contributed by atoms with Gasteiger partial charge in [-0.15, -0.1) is 23.1 Å².